The summed E-state index contributed by atoms with van der Waals surface area (Å²) >= 11 is 1.04. The van der Waals surface area contributed by atoms with Crippen LogP contribution >= 0.6 is 11.3 Å². The second kappa shape index (κ2) is 12.4. The molecule has 4 aromatic rings. The third-order valence-corrected chi connectivity index (χ3v) is 7.01. The van der Waals surface area contributed by atoms with Gasteiger partial charge in [-0.3, -0.25) is 9.59 Å². The largest absolute Gasteiger partial charge is 0.471 e. The summed E-state index contributed by atoms with van der Waals surface area (Å²) in [4.78, 5) is 40.2. The smallest absolute Gasteiger partial charge is 0.341 e. The highest BCUT2D eigenvalue weighted by molar-refractivity contribution is 7.18. The fourth-order valence-corrected chi connectivity index (χ4v) is 4.97. The number of anilines is 1. The van der Waals surface area contributed by atoms with E-state index in [0.717, 1.165) is 22.5 Å². The Bertz CT molecular complexity index is 1460. The predicted octanol–water partition coefficient (Wildman–Crippen LogP) is 5.48. The molecular formula is C29H30N4O5S. The average Bonchev–Trinajstić information content (AvgIpc) is 3.55. The van der Waals surface area contributed by atoms with E-state index in [9.17, 15) is 14.4 Å². The van der Waals surface area contributed by atoms with Crippen LogP contribution in [-0.4, -0.2) is 53.2 Å². The monoisotopic (exact) mass is 546 g/mol. The Labute approximate surface area is 231 Å². The molecule has 0 aliphatic rings. The van der Waals surface area contributed by atoms with Gasteiger partial charge in [0.1, 0.15) is 10.8 Å². The Morgan fingerprint density at radius 3 is 2.36 bits per heavy atom. The number of rotatable bonds is 10. The molecule has 9 nitrogen and oxygen atoms in total. The summed E-state index contributed by atoms with van der Waals surface area (Å²) in [5.41, 5.74) is 2.98. The summed E-state index contributed by atoms with van der Waals surface area (Å²) in [5, 5.41) is 7.28. The zero-order chi connectivity index (χ0) is 27.9. The minimum Gasteiger partial charge on any atom is -0.471 e. The molecule has 39 heavy (non-hydrogen) atoms. The molecule has 2 amide bonds. The molecule has 2 aromatic carbocycles. The van der Waals surface area contributed by atoms with Crippen LogP contribution in [0.5, 0.6) is 5.75 Å². The van der Waals surface area contributed by atoms with Crippen molar-refractivity contribution in [2.75, 3.05) is 26.0 Å². The molecule has 2 aromatic heterocycles. The fraction of sp³-hybridized carbons (Fsp3) is 0.241. The van der Waals surface area contributed by atoms with Crippen molar-refractivity contribution in [1.82, 2.24) is 14.7 Å². The van der Waals surface area contributed by atoms with Gasteiger partial charge in [0.25, 0.3) is 11.8 Å². The Kier molecular flexibility index (Phi) is 8.77. The highest BCUT2D eigenvalue weighted by atomic mass is 32.1. The third kappa shape index (κ3) is 6.53. The van der Waals surface area contributed by atoms with Gasteiger partial charge in [0.2, 0.25) is 0 Å². The van der Waals surface area contributed by atoms with Crippen LogP contribution in [-0.2, 0) is 11.5 Å². The van der Waals surface area contributed by atoms with Gasteiger partial charge in [0, 0.05) is 20.3 Å². The van der Waals surface area contributed by atoms with Gasteiger partial charge in [0.15, 0.2) is 12.4 Å². The van der Waals surface area contributed by atoms with E-state index in [1.807, 2.05) is 61.5 Å². The van der Waals surface area contributed by atoms with Crippen LogP contribution in [0.2, 0.25) is 0 Å². The number of nitrogens with zero attached hydrogens (tertiary/aromatic N) is 3. The molecule has 0 unspecified atom stereocenters. The maximum absolute atomic E-state index is 13.0. The van der Waals surface area contributed by atoms with E-state index >= 15 is 0 Å². The summed E-state index contributed by atoms with van der Waals surface area (Å²) in [6.07, 6.45) is 2.28. The Morgan fingerprint density at radius 2 is 1.69 bits per heavy atom. The minimum absolute atomic E-state index is 0.103. The Balaban J connectivity index is 1.44. The fourth-order valence-electron chi connectivity index (χ4n) is 3.76. The number of carbonyl (C=O) groups is 3. The molecule has 1 N–H and O–H groups in total. The zero-order valence-electron chi connectivity index (χ0n) is 22.3. The van der Waals surface area contributed by atoms with Crippen molar-refractivity contribution in [3.8, 4) is 16.9 Å². The van der Waals surface area contributed by atoms with Crippen molar-refractivity contribution >= 4 is 34.1 Å². The topological polar surface area (TPSA) is 103 Å². The molecule has 0 aliphatic heterocycles. The van der Waals surface area contributed by atoms with E-state index < -0.39 is 11.9 Å². The lowest BCUT2D eigenvalue weighted by atomic mass is 10.1. The van der Waals surface area contributed by atoms with Crippen molar-refractivity contribution in [3.05, 3.63) is 88.6 Å². The second-order valence-corrected chi connectivity index (χ2v) is 9.97. The quantitative estimate of drug-likeness (QED) is 0.264. The number of hydrogen-bond donors (Lipinski definition) is 1. The average molecular weight is 547 g/mol. The van der Waals surface area contributed by atoms with Gasteiger partial charge in [-0.2, -0.15) is 5.10 Å². The van der Waals surface area contributed by atoms with E-state index in [-0.39, 0.29) is 35.5 Å². The van der Waals surface area contributed by atoms with Crippen molar-refractivity contribution in [3.63, 3.8) is 0 Å². The highest BCUT2D eigenvalue weighted by Crippen LogP contribution is 2.34. The molecule has 4 rings (SSSR count). The zero-order valence-corrected chi connectivity index (χ0v) is 23.1. The minimum atomic E-state index is -0.587. The first-order chi connectivity index (χ1) is 18.8. The lowest BCUT2D eigenvalue weighted by molar-refractivity contribution is 0.0506. The van der Waals surface area contributed by atoms with E-state index in [2.05, 4.69) is 10.4 Å². The molecule has 0 bridgehead atoms. The molecule has 0 radical (unpaired) electrons. The molecule has 0 spiro atoms. The summed E-state index contributed by atoms with van der Waals surface area (Å²) in [7, 11) is 3.25. The van der Waals surface area contributed by atoms with Crippen molar-refractivity contribution in [2.24, 2.45) is 0 Å². The van der Waals surface area contributed by atoms with E-state index in [0.29, 0.717) is 22.6 Å². The van der Waals surface area contributed by atoms with Crippen LogP contribution in [0.25, 0.3) is 11.1 Å². The summed E-state index contributed by atoms with van der Waals surface area (Å²) < 4.78 is 12.6. The normalized spacial score (nSPS) is 10.7. The first kappa shape index (κ1) is 27.6. The first-order valence-electron chi connectivity index (χ1n) is 12.4. The molecule has 0 aliphatic carbocycles. The number of aromatic nitrogens is 2. The van der Waals surface area contributed by atoms with Gasteiger partial charge in [-0.05, 0) is 48.2 Å². The summed E-state index contributed by atoms with van der Waals surface area (Å²) in [5.74, 6) is -0.703. The van der Waals surface area contributed by atoms with Crippen LogP contribution in [0.4, 0.5) is 5.00 Å². The van der Waals surface area contributed by atoms with E-state index in [4.69, 9.17) is 9.47 Å². The van der Waals surface area contributed by atoms with Gasteiger partial charge in [-0.15, -0.1) is 11.3 Å². The van der Waals surface area contributed by atoms with Gasteiger partial charge < -0.3 is 19.7 Å². The second-order valence-electron chi connectivity index (χ2n) is 8.95. The number of thiophene rings is 1. The molecule has 202 valence electrons. The number of nitrogens with one attached hydrogen (secondary N) is 1. The summed E-state index contributed by atoms with van der Waals surface area (Å²) in [6.45, 7) is 3.89. The van der Waals surface area contributed by atoms with Crippen molar-refractivity contribution in [2.45, 2.75) is 27.0 Å². The molecule has 0 atom stereocenters. The standard InChI is InChI=1S/C29H30N4O5S/c1-5-17-37-29(36)24-19(2)25(28(35)32(3)4)39-27(24)30-26(34)23-15-16-33(31-23)18-38-22-13-11-21(12-14-22)20-9-7-6-8-10-20/h6-16H,5,17-18H2,1-4H3,(H,30,34). The maximum Gasteiger partial charge on any atom is 0.341 e. The number of ether oxygens (including phenoxy) is 2. The van der Waals surface area contributed by atoms with Gasteiger partial charge in [0.05, 0.1) is 17.0 Å². The SMILES string of the molecule is CCCOC(=O)c1c(NC(=O)c2ccn(COc3ccc(-c4ccccc4)cc3)n2)sc(C(=O)N(C)C)c1C. The lowest BCUT2D eigenvalue weighted by Gasteiger charge is -2.09. The van der Waals surface area contributed by atoms with Gasteiger partial charge in [-0.1, -0.05) is 49.4 Å². The van der Waals surface area contributed by atoms with Crippen LogP contribution in [0.3, 0.4) is 0 Å². The van der Waals surface area contributed by atoms with Crippen LogP contribution in [0.15, 0.2) is 66.9 Å². The van der Waals surface area contributed by atoms with Crippen molar-refractivity contribution in [1.29, 1.82) is 0 Å². The summed E-state index contributed by atoms with van der Waals surface area (Å²) in [6, 6.07) is 19.3. The molecule has 0 saturated carbocycles. The van der Waals surface area contributed by atoms with Gasteiger partial charge in [-0.25, -0.2) is 9.48 Å². The van der Waals surface area contributed by atoms with Gasteiger partial charge >= 0.3 is 5.97 Å². The van der Waals surface area contributed by atoms with E-state index in [1.54, 1.807) is 33.3 Å². The molecular weight excluding hydrogens is 516 g/mol. The molecule has 10 heteroatoms. The number of benzene rings is 2. The number of hydrogen-bond acceptors (Lipinski definition) is 7. The molecule has 2 heterocycles. The molecule has 0 saturated heterocycles. The van der Waals surface area contributed by atoms with Crippen LogP contribution in [0.1, 0.15) is 49.4 Å². The van der Waals surface area contributed by atoms with Crippen molar-refractivity contribution < 1.29 is 23.9 Å². The predicted molar refractivity (Wildman–Crippen MR) is 150 cm³/mol. The number of esters is 1. The highest BCUT2D eigenvalue weighted by Gasteiger charge is 2.28. The Morgan fingerprint density at radius 1 is 1.00 bits per heavy atom. The number of amides is 2. The Hall–Kier alpha value is -4.44. The maximum atomic E-state index is 13.0. The first-order valence-corrected chi connectivity index (χ1v) is 13.2. The van der Waals surface area contributed by atoms with Crippen LogP contribution < -0.4 is 10.1 Å². The van der Waals surface area contributed by atoms with E-state index in [1.165, 1.54) is 9.58 Å². The lowest BCUT2D eigenvalue weighted by Crippen LogP contribution is -2.21. The van der Waals surface area contributed by atoms with Crippen LogP contribution in [0, 0.1) is 6.92 Å². The third-order valence-electron chi connectivity index (χ3n) is 5.81. The molecule has 0 fully saturated rings. The number of carbonyl (C=O) groups excluding carboxylic acids is 3.